The monoisotopic (exact) mass is 344 g/mol. The smallest absolute Gasteiger partial charge is 0.123 e. The number of hydrogen-bond acceptors (Lipinski definition) is 3. The normalized spacial score (nSPS) is 9.91. The van der Waals surface area contributed by atoms with E-state index in [-0.39, 0.29) is 24.8 Å². The lowest BCUT2D eigenvalue weighted by Gasteiger charge is -2.13. The molecule has 0 fully saturated rings. The van der Waals surface area contributed by atoms with Gasteiger partial charge in [0.2, 0.25) is 0 Å². The van der Waals surface area contributed by atoms with Gasteiger partial charge in [-0.2, -0.15) is 0 Å². The van der Waals surface area contributed by atoms with Gasteiger partial charge in [0, 0.05) is 12.1 Å². The molecule has 0 saturated heterocycles. The van der Waals surface area contributed by atoms with Crippen molar-refractivity contribution in [2.75, 3.05) is 26.7 Å². The van der Waals surface area contributed by atoms with E-state index in [1.54, 1.807) is 7.11 Å². The second-order valence-electron chi connectivity index (χ2n) is 4.85. The lowest BCUT2D eigenvalue weighted by Crippen LogP contribution is -2.21. The van der Waals surface area contributed by atoms with Crippen LogP contribution in [-0.4, -0.2) is 26.7 Å². The fraction of sp³-hybridized carbons (Fsp3) is 0.412. The van der Waals surface area contributed by atoms with Crippen LogP contribution >= 0.6 is 24.8 Å². The highest BCUT2D eigenvalue weighted by Gasteiger charge is 2.07. The highest BCUT2D eigenvalue weighted by molar-refractivity contribution is 5.87. The topological polar surface area (TPSA) is 33.3 Å². The highest BCUT2D eigenvalue weighted by Crippen LogP contribution is 2.27. The Balaban J connectivity index is 0.00000220. The van der Waals surface area contributed by atoms with Crippen molar-refractivity contribution in [1.82, 2.24) is 10.6 Å². The Bertz CT molecular complexity index is 549. The molecule has 0 aliphatic rings. The third-order valence-corrected chi connectivity index (χ3v) is 3.48. The molecular formula is C17H26Cl2N2O. The second-order valence-corrected chi connectivity index (χ2v) is 4.85. The van der Waals surface area contributed by atoms with Crippen LogP contribution in [0.25, 0.3) is 10.8 Å². The molecule has 0 unspecified atom stereocenters. The molecule has 0 spiro atoms. The van der Waals surface area contributed by atoms with Gasteiger partial charge in [-0.05, 0) is 42.9 Å². The van der Waals surface area contributed by atoms with Crippen molar-refractivity contribution in [2.45, 2.75) is 19.9 Å². The van der Waals surface area contributed by atoms with E-state index in [1.165, 1.54) is 16.3 Å². The van der Waals surface area contributed by atoms with Gasteiger partial charge in [0.1, 0.15) is 5.75 Å². The van der Waals surface area contributed by atoms with Crippen LogP contribution in [0.1, 0.15) is 18.9 Å². The van der Waals surface area contributed by atoms with Crippen molar-refractivity contribution in [1.29, 1.82) is 0 Å². The van der Waals surface area contributed by atoms with E-state index in [2.05, 4.69) is 54.0 Å². The average molecular weight is 345 g/mol. The van der Waals surface area contributed by atoms with Crippen molar-refractivity contribution >= 4 is 35.6 Å². The zero-order valence-electron chi connectivity index (χ0n) is 13.2. The summed E-state index contributed by atoms with van der Waals surface area (Å²) in [7, 11) is 1.73. The molecule has 124 valence electrons. The number of halogens is 2. The number of methoxy groups -OCH3 is 1. The molecule has 5 heteroatoms. The number of rotatable bonds is 8. The van der Waals surface area contributed by atoms with Crippen molar-refractivity contribution in [2.24, 2.45) is 0 Å². The van der Waals surface area contributed by atoms with Gasteiger partial charge in [-0.25, -0.2) is 0 Å². The third-order valence-electron chi connectivity index (χ3n) is 3.48. The number of benzene rings is 2. The first-order chi connectivity index (χ1) is 9.86. The molecule has 0 heterocycles. The lowest BCUT2D eigenvalue weighted by atomic mass is 10.0. The molecule has 2 aromatic rings. The van der Waals surface area contributed by atoms with Gasteiger partial charge >= 0.3 is 0 Å². The van der Waals surface area contributed by atoms with Crippen molar-refractivity contribution in [3.63, 3.8) is 0 Å². The number of ether oxygens (including phenoxy) is 1. The number of fused-ring (bicyclic) bond motifs is 1. The van der Waals surface area contributed by atoms with Crippen molar-refractivity contribution in [3.8, 4) is 5.75 Å². The Morgan fingerprint density at radius 1 is 0.955 bits per heavy atom. The predicted octanol–water partition coefficient (Wildman–Crippen LogP) is 3.78. The van der Waals surface area contributed by atoms with Crippen LogP contribution in [0, 0.1) is 0 Å². The van der Waals surface area contributed by atoms with Gasteiger partial charge < -0.3 is 15.4 Å². The van der Waals surface area contributed by atoms with E-state index in [0.29, 0.717) is 0 Å². The van der Waals surface area contributed by atoms with E-state index in [4.69, 9.17) is 4.74 Å². The molecule has 0 amide bonds. The van der Waals surface area contributed by atoms with Gasteiger partial charge in [-0.1, -0.05) is 37.3 Å². The second kappa shape index (κ2) is 11.6. The van der Waals surface area contributed by atoms with E-state index in [1.807, 2.05) is 0 Å². The maximum absolute atomic E-state index is 5.50. The molecule has 3 nitrogen and oxygen atoms in total. The van der Waals surface area contributed by atoms with Crippen LogP contribution in [0.2, 0.25) is 0 Å². The lowest BCUT2D eigenvalue weighted by molar-refractivity contribution is 0.408. The molecule has 2 N–H and O–H groups in total. The van der Waals surface area contributed by atoms with Gasteiger partial charge in [0.05, 0.1) is 7.11 Å². The zero-order valence-corrected chi connectivity index (χ0v) is 14.9. The van der Waals surface area contributed by atoms with Crippen LogP contribution in [0.15, 0.2) is 36.4 Å². The summed E-state index contributed by atoms with van der Waals surface area (Å²) in [5, 5.41) is 9.37. The van der Waals surface area contributed by atoms with E-state index >= 15 is 0 Å². The molecule has 0 atom stereocenters. The summed E-state index contributed by atoms with van der Waals surface area (Å²) in [4.78, 5) is 0. The van der Waals surface area contributed by atoms with Gasteiger partial charge in [-0.15, -0.1) is 24.8 Å². The number of hydrogen-bond donors (Lipinski definition) is 2. The maximum Gasteiger partial charge on any atom is 0.123 e. The first kappa shape index (κ1) is 21.0. The van der Waals surface area contributed by atoms with Gasteiger partial charge in [0.15, 0.2) is 0 Å². The molecule has 0 radical (unpaired) electrons. The van der Waals surface area contributed by atoms with Crippen LogP contribution in [-0.2, 0) is 6.54 Å². The van der Waals surface area contributed by atoms with Crippen molar-refractivity contribution < 1.29 is 4.74 Å². The van der Waals surface area contributed by atoms with Crippen LogP contribution in [0.4, 0.5) is 0 Å². The molecule has 0 aliphatic heterocycles. The molecule has 0 bridgehead atoms. The Kier molecular flexibility index (Phi) is 11.0. The Morgan fingerprint density at radius 3 is 2.41 bits per heavy atom. The Labute approximate surface area is 145 Å². The van der Waals surface area contributed by atoms with Crippen molar-refractivity contribution in [3.05, 3.63) is 42.0 Å². The molecule has 0 aliphatic carbocycles. The van der Waals surface area contributed by atoms with Gasteiger partial charge in [-0.3, -0.25) is 0 Å². The highest BCUT2D eigenvalue weighted by atomic mass is 35.5. The minimum atomic E-state index is 0. The molecule has 2 rings (SSSR count). The van der Waals surface area contributed by atoms with E-state index in [9.17, 15) is 0 Å². The summed E-state index contributed by atoms with van der Waals surface area (Å²) in [5.74, 6) is 0.961. The standard InChI is InChI=1S/C17H24N2O.2ClH/c1-3-18-11-6-12-19-13-16-15-8-5-4-7-14(15)9-10-17(16)20-2;;/h4-5,7-10,18-19H,3,6,11-13H2,1-2H3;2*1H. The average Bonchev–Trinajstić information content (AvgIpc) is 2.50. The van der Waals surface area contributed by atoms with Crippen LogP contribution in [0.3, 0.4) is 0 Å². The summed E-state index contributed by atoms with van der Waals surface area (Å²) >= 11 is 0. The fourth-order valence-electron chi connectivity index (χ4n) is 2.42. The van der Waals surface area contributed by atoms with Gasteiger partial charge in [0.25, 0.3) is 0 Å². The summed E-state index contributed by atoms with van der Waals surface area (Å²) in [6.07, 6.45) is 1.14. The molecule has 0 saturated carbocycles. The molecule has 22 heavy (non-hydrogen) atoms. The molecule has 0 aromatic heterocycles. The maximum atomic E-state index is 5.50. The first-order valence-electron chi connectivity index (χ1n) is 7.33. The SMILES string of the molecule is CCNCCCNCc1c(OC)ccc2ccccc12.Cl.Cl. The summed E-state index contributed by atoms with van der Waals surface area (Å²) in [6.45, 7) is 6.09. The minimum Gasteiger partial charge on any atom is -0.496 e. The largest absolute Gasteiger partial charge is 0.496 e. The minimum absolute atomic E-state index is 0. The van der Waals surface area contributed by atoms with Crippen LogP contribution in [0.5, 0.6) is 5.75 Å². The quantitative estimate of drug-likeness (QED) is 0.715. The zero-order chi connectivity index (χ0) is 14.2. The van der Waals surface area contributed by atoms with Crippen LogP contribution < -0.4 is 15.4 Å². The summed E-state index contributed by atoms with van der Waals surface area (Å²) < 4.78 is 5.50. The van der Waals surface area contributed by atoms with E-state index in [0.717, 1.165) is 38.3 Å². The molecular weight excluding hydrogens is 319 g/mol. The first-order valence-corrected chi connectivity index (χ1v) is 7.33. The Hall–Kier alpha value is -1.000. The predicted molar refractivity (Wildman–Crippen MR) is 99.9 cm³/mol. The molecule has 2 aromatic carbocycles. The fourth-order valence-corrected chi connectivity index (χ4v) is 2.42. The summed E-state index contributed by atoms with van der Waals surface area (Å²) in [5.41, 5.74) is 1.24. The Morgan fingerprint density at radius 2 is 1.68 bits per heavy atom. The summed E-state index contributed by atoms with van der Waals surface area (Å²) in [6, 6.07) is 12.6. The van der Waals surface area contributed by atoms with E-state index < -0.39 is 0 Å². The number of nitrogens with one attached hydrogen (secondary N) is 2. The third kappa shape index (κ3) is 5.65.